The number of benzene rings is 3. The molecule has 34 heavy (non-hydrogen) atoms. The molecule has 0 fully saturated rings. The molecule has 172 valence electrons. The predicted octanol–water partition coefficient (Wildman–Crippen LogP) is 6.24. The summed E-state index contributed by atoms with van der Waals surface area (Å²) in [6.45, 7) is 2.42. The summed E-state index contributed by atoms with van der Waals surface area (Å²) in [5, 5.41) is 7.41. The van der Waals surface area contributed by atoms with Gasteiger partial charge in [0.1, 0.15) is 9.88 Å². The van der Waals surface area contributed by atoms with Gasteiger partial charge in [-0.05, 0) is 43.2 Å². The molecular weight excluding hydrogens is 466 g/mol. The highest BCUT2D eigenvalue weighted by Gasteiger charge is 2.26. The summed E-state index contributed by atoms with van der Waals surface area (Å²) in [7, 11) is 0. The van der Waals surface area contributed by atoms with Gasteiger partial charge in [0.15, 0.2) is 0 Å². The minimum atomic E-state index is -0.329. The molecule has 1 aromatic heterocycles. The smallest absolute Gasteiger partial charge is 0.256 e. The molecule has 4 rings (SSSR count). The maximum Gasteiger partial charge on any atom is 0.256 e. The number of halogens is 1. The van der Waals surface area contributed by atoms with Crippen LogP contribution in [0.1, 0.15) is 36.7 Å². The van der Waals surface area contributed by atoms with Gasteiger partial charge >= 0.3 is 0 Å². The second kappa shape index (κ2) is 10.5. The molecule has 0 bridgehead atoms. The van der Waals surface area contributed by atoms with Crippen LogP contribution in [0, 0.1) is 6.92 Å². The van der Waals surface area contributed by atoms with Crippen molar-refractivity contribution in [1.29, 1.82) is 0 Å². The second-order valence-electron chi connectivity index (χ2n) is 7.87. The summed E-state index contributed by atoms with van der Waals surface area (Å²) in [6, 6.07) is 24.2. The van der Waals surface area contributed by atoms with Gasteiger partial charge in [0.2, 0.25) is 5.78 Å². The standard InChI is InChI=1S/C27H24ClN3O2S/c1-17-7-13-21(14-8-17)31-27-22(26(33)30-16-15-18-9-11-20(28)12-10-18)23(29)25(34-27)24(32)19-5-3-2-4-6-19/h2-14,31H,15-16,29H2,1H3,(H,30,33). The molecule has 3 aromatic carbocycles. The number of hydrogen-bond acceptors (Lipinski definition) is 5. The largest absolute Gasteiger partial charge is 0.397 e. The lowest BCUT2D eigenvalue weighted by molar-refractivity contribution is 0.0956. The maximum atomic E-state index is 13.2. The van der Waals surface area contributed by atoms with E-state index in [1.165, 1.54) is 11.3 Å². The van der Waals surface area contributed by atoms with Crippen molar-refractivity contribution in [3.05, 3.63) is 111 Å². The number of carbonyl (C=O) groups excluding carboxylic acids is 2. The molecule has 1 heterocycles. The van der Waals surface area contributed by atoms with E-state index in [0.29, 0.717) is 33.4 Å². The third-order valence-electron chi connectivity index (χ3n) is 5.34. The van der Waals surface area contributed by atoms with Crippen molar-refractivity contribution in [2.24, 2.45) is 0 Å². The minimum Gasteiger partial charge on any atom is -0.397 e. The van der Waals surface area contributed by atoms with Crippen molar-refractivity contribution in [1.82, 2.24) is 5.32 Å². The molecule has 0 atom stereocenters. The maximum absolute atomic E-state index is 13.2. The molecule has 1 amide bonds. The van der Waals surface area contributed by atoms with Crippen LogP contribution in [-0.2, 0) is 6.42 Å². The van der Waals surface area contributed by atoms with Crippen LogP contribution in [0.4, 0.5) is 16.4 Å². The molecule has 0 radical (unpaired) electrons. The number of amides is 1. The van der Waals surface area contributed by atoms with E-state index in [9.17, 15) is 9.59 Å². The Morgan fingerprint density at radius 2 is 1.62 bits per heavy atom. The predicted molar refractivity (Wildman–Crippen MR) is 141 cm³/mol. The fourth-order valence-corrected chi connectivity index (χ4v) is 4.70. The fraction of sp³-hybridized carbons (Fsp3) is 0.111. The van der Waals surface area contributed by atoms with Crippen LogP contribution in [0.15, 0.2) is 78.9 Å². The van der Waals surface area contributed by atoms with Crippen molar-refractivity contribution in [3.8, 4) is 0 Å². The van der Waals surface area contributed by atoms with Gasteiger partial charge in [0, 0.05) is 22.8 Å². The monoisotopic (exact) mass is 489 g/mol. The van der Waals surface area contributed by atoms with Crippen molar-refractivity contribution in [2.75, 3.05) is 17.6 Å². The van der Waals surface area contributed by atoms with E-state index >= 15 is 0 Å². The Morgan fingerprint density at radius 1 is 0.941 bits per heavy atom. The molecule has 0 unspecified atom stereocenters. The van der Waals surface area contributed by atoms with E-state index in [1.54, 1.807) is 24.3 Å². The zero-order chi connectivity index (χ0) is 24.1. The summed E-state index contributed by atoms with van der Waals surface area (Å²) < 4.78 is 0. The van der Waals surface area contributed by atoms with Crippen molar-refractivity contribution in [3.63, 3.8) is 0 Å². The molecule has 4 N–H and O–H groups in total. The van der Waals surface area contributed by atoms with E-state index in [-0.39, 0.29) is 22.9 Å². The Labute approximate surface area is 207 Å². The number of hydrogen-bond donors (Lipinski definition) is 3. The summed E-state index contributed by atoms with van der Waals surface area (Å²) >= 11 is 7.13. The highest BCUT2D eigenvalue weighted by molar-refractivity contribution is 7.19. The number of nitrogens with one attached hydrogen (secondary N) is 2. The number of anilines is 3. The van der Waals surface area contributed by atoms with Crippen LogP contribution in [-0.4, -0.2) is 18.2 Å². The van der Waals surface area contributed by atoms with Gasteiger partial charge in [-0.3, -0.25) is 9.59 Å². The zero-order valence-electron chi connectivity index (χ0n) is 18.6. The van der Waals surface area contributed by atoms with Gasteiger partial charge in [-0.25, -0.2) is 0 Å². The van der Waals surface area contributed by atoms with E-state index in [4.69, 9.17) is 17.3 Å². The molecule has 0 aliphatic carbocycles. The summed E-state index contributed by atoms with van der Waals surface area (Å²) in [4.78, 5) is 26.7. The summed E-state index contributed by atoms with van der Waals surface area (Å²) in [5.74, 6) is -0.542. The van der Waals surface area contributed by atoms with E-state index in [1.807, 2.05) is 61.5 Å². The fourth-order valence-electron chi connectivity index (χ4n) is 3.47. The Morgan fingerprint density at radius 3 is 2.29 bits per heavy atom. The Bertz CT molecular complexity index is 1300. The van der Waals surface area contributed by atoms with Gasteiger partial charge in [-0.1, -0.05) is 71.8 Å². The number of aryl methyl sites for hydroxylation is 1. The summed E-state index contributed by atoms with van der Waals surface area (Å²) in [5.41, 5.74) is 10.4. The topological polar surface area (TPSA) is 84.2 Å². The molecule has 0 aliphatic rings. The molecule has 4 aromatic rings. The van der Waals surface area contributed by atoms with Crippen LogP contribution in [0.2, 0.25) is 5.02 Å². The first-order chi connectivity index (χ1) is 16.4. The van der Waals surface area contributed by atoms with E-state index < -0.39 is 0 Å². The van der Waals surface area contributed by atoms with Crippen molar-refractivity contribution < 1.29 is 9.59 Å². The van der Waals surface area contributed by atoms with E-state index in [2.05, 4.69) is 10.6 Å². The molecule has 7 heteroatoms. The normalized spacial score (nSPS) is 10.6. The lowest BCUT2D eigenvalue weighted by atomic mass is 10.1. The third kappa shape index (κ3) is 5.47. The molecule has 0 aliphatic heterocycles. The third-order valence-corrected chi connectivity index (χ3v) is 6.71. The van der Waals surface area contributed by atoms with Gasteiger partial charge in [0.25, 0.3) is 5.91 Å². The second-order valence-corrected chi connectivity index (χ2v) is 9.32. The van der Waals surface area contributed by atoms with Crippen LogP contribution >= 0.6 is 22.9 Å². The van der Waals surface area contributed by atoms with Crippen LogP contribution in [0.25, 0.3) is 0 Å². The van der Waals surface area contributed by atoms with Crippen LogP contribution < -0.4 is 16.4 Å². The molecule has 0 saturated heterocycles. The molecule has 5 nitrogen and oxygen atoms in total. The lowest BCUT2D eigenvalue weighted by Crippen LogP contribution is -2.26. The Hall–Kier alpha value is -3.61. The van der Waals surface area contributed by atoms with Gasteiger partial charge in [0.05, 0.1) is 11.3 Å². The number of nitrogens with two attached hydrogens (primary N) is 1. The van der Waals surface area contributed by atoms with E-state index in [0.717, 1.165) is 16.8 Å². The average Bonchev–Trinajstić information content (AvgIpc) is 3.17. The first kappa shape index (κ1) is 23.5. The summed E-state index contributed by atoms with van der Waals surface area (Å²) in [6.07, 6.45) is 0.642. The number of rotatable bonds is 8. The van der Waals surface area contributed by atoms with Crippen molar-refractivity contribution in [2.45, 2.75) is 13.3 Å². The van der Waals surface area contributed by atoms with Gasteiger partial charge in [-0.15, -0.1) is 11.3 Å². The van der Waals surface area contributed by atoms with Gasteiger partial charge < -0.3 is 16.4 Å². The number of nitrogen functional groups attached to an aromatic ring is 1. The first-order valence-corrected chi connectivity index (χ1v) is 12.0. The Balaban J connectivity index is 1.60. The average molecular weight is 490 g/mol. The van der Waals surface area contributed by atoms with Crippen molar-refractivity contribution >= 4 is 51.0 Å². The number of carbonyl (C=O) groups is 2. The zero-order valence-corrected chi connectivity index (χ0v) is 20.2. The SMILES string of the molecule is Cc1ccc(Nc2sc(C(=O)c3ccccc3)c(N)c2C(=O)NCCc2ccc(Cl)cc2)cc1. The minimum absolute atomic E-state index is 0.178. The highest BCUT2D eigenvalue weighted by Crippen LogP contribution is 2.38. The lowest BCUT2D eigenvalue weighted by Gasteiger charge is -2.10. The molecular formula is C27H24ClN3O2S. The Kier molecular flexibility index (Phi) is 7.30. The molecule has 0 spiro atoms. The first-order valence-electron chi connectivity index (χ1n) is 10.8. The highest BCUT2D eigenvalue weighted by atomic mass is 35.5. The number of ketones is 1. The van der Waals surface area contributed by atoms with Crippen LogP contribution in [0.5, 0.6) is 0 Å². The number of thiophene rings is 1. The van der Waals surface area contributed by atoms with Gasteiger partial charge in [-0.2, -0.15) is 0 Å². The molecule has 0 saturated carbocycles. The quantitative estimate of drug-likeness (QED) is 0.256. The van der Waals surface area contributed by atoms with Crippen LogP contribution in [0.3, 0.4) is 0 Å².